The summed E-state index contributed by atoms with van der Waals surface area (Å²) in [6.07, 6.45) is 2.85. The molecule has 0 saturated carbocycles. The van der Waals surface area contributed by atoms with Crippen LogP contribution in [0.15, 0.2) is 0 Å². The second-order valence-corrected chi connectivity index (χ2v) is 5.17. The summed E-state index contributed by atoms with van der Waals surface area (Å²) in [5.74, 6) is 1.84. The summed E-state index contributed by atoms with van der Waals surface area (Å²) in [7, 11) is 0. The number of likely N-dealkylation sites (tertiary alicyclic amines) is 1. The van der Waals surface area contributed by atoms with Crippen LogP contribution < -0.4 is 0 Å². The Kier molecular flexibility index (Phi) is 4.87. The zero-order valence-corrected chi connectivity index (χ0v) is 10.4. The van der Waals surface area contributed by atoms with Gasteiger partial charge in [-0.05, 0) is 37.8 Å². The Balaban J connectivity index is 2.17. The van der Waals surface area contributed by atoms with Gasteiger partial charge >= 0.3 is 0 Å². The van der Waals surface area contributed by atoms with Gasteiger partial charge < -0.3 is 4.90 Å². The van der Waals surface area contributed by atoms with Crippen molar-refractivity contribution in [2.45, 2.75) is 26.7 Å². The van der Waals surface area contributed by atoms with Crippen LogP contribution in [-0.2, 0) is 0 Å². The van der Waals surface area contributed by atoms with Crippen molar-refractivity contribution >= 4 is 22.6 Å². The van der Waals surface area contributed by atoms with Gasteiger partial charge in [0, 0.05) is 11.0 Å². The van der Waals surface area contributed by atoms with Gasteiger partial charge in [-0.25, -0.2) is 0 Å². The molecular formula is C10H20IN. The van der Waals surface area contributed by atoms with Crippen LogP contribution in [0, 0.1) is 11.8 Å². The fraction of sp³-hybridized carbons (Fsp3) is 1.00. The lowest BCUT2D eigenvalue weighted by molar-refractivity contribution is 0.177. The van der Waals surface area contributed by atoms with E-state index in [2.05, 4.69) is 41.3 Å². The van der Waals surface area contributed by atoms with Gasteiger partial charge in [-0.2, -0.15) is 0 Å². The van der Waals surface area contributed by atoms with Crippen molar-refractivity contribution in [2.24, 2.45) is 11.8 Å². The molecule has 1 aliphatic heterocycles. The lowest BCUT2D eigenvalue weighted by Gasteiger charge is -2.32. The molecule has 1 aliphatic rings. The number of piperidine rings is 1. The maximum Gasteiger partial charge on any atom is 0.00246 e. The summed E-state index contributed by atoms with van der Waals surface area (Å²) in [5.41, 5.74) is 0. The molecule has 1 fully saturated rings. The Hall–Kier alpha value is 0.690. The van der Waals surface area contributed by atoms with Crippen LogP contribution in [-0.4, -0.2) is 29.0 Å². The number of rotatable bonds is 3. The molecule has 0 amide bonds. The highest BCUT2D eigenvalue weighted by Crippen LogP contribution is 2.19. The molecule has 0 aromatic rings. The van der Waals surface area contributed by atoms with Crippen LogP contribution in [0.1, 0.15) is 26.7 Å². The Morgan fingerprint density at radius 3 is 2.33 bits per heavy atom. The van der Waals surface area contributed by atoms with Gasteiger partial charge in [-0.15, -0.1) is 0 Å². The maximum atomic E-state index is 2.62. The Bertz CT molecular complexity index is 117. The summed E-state index contributed by atoms with van der Waals surface area (Å²) in [5, 5.41) is 0. The van der Waals surface area contributed by atoms with Gasteiger partial charge in [0.2, 0.25) is 0 Å². The Labute approximate surface area is 90.0 Å². The van der Waals surface area contributed by atoms with Gasteiger partial charge in [0.15, 0.2) is 0 Å². The van der Waals surface area contributed by atoms with Crippen LogP contribution in [0.3, 0.4) is 0 Å². The van der Waals surface area contributed by atoms with E-state index in [9.17, 15) is 0 Å². The highest BCUT2D eigenvalue weighted by molar-refractivity contribution is 14.1. The van der Waals surface area contributed by atoms with Crippen molar-refractivity contribution < 1.29 is 0 Å². The molecule has 1 nitrogen and oxygen atoms in total. The van der Waals surface area contributed by atoms with Crippen molar-refractivity contribution in [3.05, 3.63) is 0 Å². The van der Waals surface area contributed by atoms with Crippen molar-refractivity contribution in [1.29, 1.82) is 0 Å². The van der Waals surface area contributed by atoms with E-state index in [-0.39, 0.29) is 0 Å². The molecule has 1 saturated heterocycles. The molecule has 1 heterocycles. The maximum absolute atomic E-state index is 2.62. The number of nitrogens with zero attached hydrogens (tertiary/aromatic N) is 1. The molecule has 0 radical (unpaired) electrons. The van der Waals surface area contributed by atoms with E-state index < -0.39 is 0 Å². The average Bonchev–Trinajstić information content (AvgIpc) is 2.05. The van der Waals surface area contributed by atoms with Gasteiger partial charge in [-0.3, -0.25) is 0 Å². The summed E-state index contributed by atoms with van der Waals surface area (Å²) < 4.78 is 1.35. The van der Waals surface area contributed by atoms with Crippen LogP contribution in [0.4, 0.5) is 0 Å². The third kappa shape index (κ3) is 3.60. The van der Waals surface area contributed by atoms with Crippen molar-refractivity contribution in [2.75, 3.05) is 24.1 Å². The van der Waals surface area contributed by atoms with Crippen LogP contribution in [0.2, 0.25) is 0 Å². The number of alkyl halides is 1. The number of hydrogen-bond acceptors (Lipinski definition) is 1. The first-order valence-electron chi connectivity index (χ1n) is 5.00. The van der Waals surface area contributed by atoms with E-state index in [4.69, 9.17) is 0 Å². The molecule has 0 unspecified atom stereocenters. The molecule has 0 atom stereocenters. The monoisotopic (exact) mass is 281 g/mol. The van der Waals surface area contributed by atoms with E-state index in [0.717, 1.165) is 11.8 Å². The van der Waals surface area contributed by atoms with Gasteiger partial charge in [0.05, 0.1) is 0 Å². The summed E-state index contributed by atoms with van der Waals surface area (Å²) >= 11 is 2.52. The molecule has 0 aromatic carbocycles. The Morgan fingerprint density at radius 1 is 1.33 bits per heavy atom. The summed E-state index contributed by atoms with van der Waals surface area (Å²) in [4.78, 5) is 2.62. The normalized spacial score (nSPS) is 22.0. The molecule has 0 spiro atoms. The first-order chi connectivity index (χ1) is 5.72. The third-order valence-corrected chi connectivity index (χ3v) is 3.79. The minimum Gasteiger partial charge on any atom is -0.303 e. The highest BCUT2D eigenvalue weighted by atomic mass is 127. The number of halogens is 1. The van der Waals surface area contributed by atoms with E-state index in [1.165, 1.54) is 36.9 Å². The summed E-state index contributed by atoms with van der Waals surface area (Å²) in [6, 6.07) is 0. The van der Waals surface area contributed by atoms with E-state index >= 15 is 0 Å². The fourth-order valence-corrected chi connectivity index (χ4v) is 2.72. The average molecular weight is 281 g/mol. The van der Waals surface area contributed by atoms with E-state index in [1.807, 2.05) is 0 Å². The molecule has 0 N–H and O–H groups in total. The van der Waals surface area contributed by atoms with Gasteiger partial charge in [-0.1, -0.05) is 36.4 Å². The van der Waals surface area contributed by atoms with Gasteiger partial charge in [0.1, 0.15) is 0 Å². The van der Waals surface area contributed by atoms with Crippen molar-refractivity contribution in [3.8, 4) is 0 Å². The second-order valence-electron chi connectivity index (χ2n) is 4.29. The van der Waals surface area contributed by atoms with Crippen molar-refractivity contribution in [1.82, 2.24) is 4.90 Å². The fourth-order valence-electron chi connectivity index (χ4n) is 1.84. The zero-order valence-electron chi connectivity index (χ0n) is 8.22. The zero-order chi connectivity index (χ0) is 8.97. The summed E-state index contributed by atoms with van der Waals surface area (Å²) in [6.45, 7) is 8.60. The molecule has 12 heavy (non-hydrogen) atoms. The molecule has 0 aliphatic carbocycles. The quantitative estimate of drug-likeness (QED) is 0.568. The van der Waals surface area contributed by atoms with E-state index in [1.54, 1.807) is 0 Å². The molecule has 0 bridgehead atoms. The number of hydrogen-bond donors (Lipinski definition) is 0. The molecular weight excluding hydrogens is 261 g/mol. The van der Waals surface area contributed by atoms with Crippen LogP contribution in [0.25, 0.3) is 0 Å². The predicted octanol–water partition coefficient (Wildman–Crippen LogP) is 2.79. The molecule has 1 rings (SSSR count). The topological polar surface area (TPSA) is 3.24 Å². The van der Waals surface area contributed by atoms with Gasteiger partial charge in [0.25, 0.3) is 0 Å². The van der Waals surface area contributed by atoms with E-state index in [0.29, 0.717) is 0 Å². The minimum absolute atomic E-state index is 0.834. The molecule has 2 heteroatoms. The molecule has 72 valence electrons. The Morgan fingerprint density at radius 2 is 1.92 bits per heavy atom. The van der Waals surface area contributed by atoms with Crippen molar-refractivity contribution in [3.63, 3.8) is 0 Å². The SMILES string of the molecule is CC(C)CN1CCC(CI)CC1. The third-order valence-electron chi connectivity index (χ3n) is 2.55. The molecule has 0 aromatic heterocycles. The highest BCUT2D eigenvalue weighted by Gasteiger charge is 2.18. The van der Waals surface area contributed by atoms with Crippen LogP contribution >= 0.6 is 22.6 Å². The lowest BCUT2D eigenvalue weighted by Crippen LogP contribution is -2.36. The second kappa shape index (κ2) is 5.43. The first kappa shape index (κ1) is 10.8. The predicted molar refractivity (Wildman–Crippen MR) is 62.9 cm³/mol. The lowest BCUT2D eigenvalue weighted by atomic mass is 9.98. The standard InChI is InChI=1S/C10H20IN/c1-9(2)8-12-5-3-10(7-11)4-6-12/h9-10H,3-8H2,1-2H3. The minimum atomic E-state index is 0.834. The largest absolute Gasteiger partial charge is 0.303 e. The van der Waals surface area contributed by atoms with Crippen LogP contribution in [0.5, 0.6) is 0 Å². The smallest absolute Gasteiger partial charge is 0.00246 e. The first-order valence-corrected chi connectivity index (χ1v) is 6.53.